The van der Waals surface area contributed by atoms with Gasteiger partial charge in [-0.2, -0.15) is 0 Å². The third-order valence-electron chi connectivity index (χ3n) is 6.03. The highest BCUT2D eigenvalue weighted by atomic mass is 16.6. The molecule has 3 heterocycles. The lowest BCUT2D eigenvalue weighted by Crippen LogP contribution is -2.46. The van der Waals surface area contributed by atoms with Crippen molar-refractivity contribution in [2.75, 3.05) is 13.2 Å². The fraction of sp³-hybridized carbons (Fsp3) is 0.409. The molecule has 5 rings (SSSR count). The molecule has 0 aromatic heterocycles. The summed E-state index contributed by atoms with van der Waals surface area (Å²) in [6.45, 7) is 1.11. The molecule has 1 amide bonds. The molecule has 3 atom stereocenters. The number of hydrogen-bond acceptors (Lipinski definition) is 3. The van der Waals surface area contributed by atoms with E-state index in [0.29, 0.717) is 42.5 Å². The van der Waals surface area contributed by atoms with Crippen LogP contribution in [-0.2, 0) is 0 Å². The van der Waals surface area contributed by atoms with Gasteiger partial charge in [-0.25, -0.2) is 0 Å². The molecule has 3 aliphatic rings. The molecule has 4 heteroatoms. The molecule has 0 N–H and O–H groups in total. The Morgan fingerprint density at radius 2 is 1.58 bits per heavy atom. The van der Waals surface area contributed by atoms with Gasteiger partial charge in [-0.05, 0) is 55.4 Å². The smallest absolute Gasteiger partial charge is 0.254 e. The maximum atomic E-state index is 13.2. The summed E-state index contributed by atoms with van der Waals surface area (Å²) in [4.78, 5) is 15.4. The van der Waals surface area contributed by atoms with Gasteiger partial charge in [0.2, 0.25) is 0 Å². The zero-order valence-corrected chi connectivity index (χ0v) is 14.8. The predicted octanol–water partition coefficient (Wildman–Crippen LogP) is 4.01. The Morgan fingerprint density at radius 3 is 2.31 bits per heavy atom. The zero-order chi connectivity index (χ0) is 17.5. The molecular weight excluding hydrogens is 326 g/mol. The molecule has 2 bridgehead atoms. The largest absolute Gasteiger partial charge is 0.486 e. The summed E-state index contributed by atoms with van der Waals surface area (Å²) in [5.74, 6) is 2.13. The Bertz CT molecular complexity index is 805. The van der Waals surface area contributed by atoms with E-state index in [2.05, 4.69) is 35.2 Å². The Hall–Kier alpha value is -2.49. The fourth-order valence-corrected chi connectivity index (χ4v) is 4.83. The quantitative estimate of drug-likeness (QED) is 0.822. The number of benzene rings is 2. The summed E-state index contributed by atoms with van der Waals surface area (Å²) in [5.41, 5.74) is 2.13. The third-order valence-corrected chi connectivity index (χ3v) is 6.03. The van der Waals surface area contributed by atoms with E-state index < -0.39 is 0 Å². The van der Waals surface area contributed by atoms with Crippen LogP contribution in [0.5, 0.6) is 11.5 Å². The number of piperidine rings is 1. The minimum absolute atomic E-state index is 0.140. The topological polar surface area (TPSA) is 38.8 Å². The van der Waals surface area contributed by atoms with E-state index in [9.17, 15) is 4.79 Å². The molecule has 2 saturated heterocycles. The number of carbonyl (C=O) groups is 1. The molecule has 0 unspecified atom stereocenters. The second-order valence-electron chi connectivity index (χ2n) is 7.53. The van der Waals surface area contributed by atoms with Crippen molar-refractivity contribution in [3.63, 3.8) is 0 Å². The van der Waals surface area contributed by atoms with Gasteiger partial charge in [0.25, 0.3) is 5.91 Å². The second-order valence-corrected chi connectivity index (χ2v) is 7.53. The van der Waals surface area contributed by atoms with Crippen molar-refractivity contribution in [1.29, 1.82) is 0 Å². The van der Waals surface area contributed by atoms with Gasteiger partial charge in [0.05, 0.1) is 0 Å². The molecule has 0 spiro atoms. The first-order chi connectivity index (χ1) is 12.8. The van der Waals surface area contributed by atoms with Crippen LogP contribution in [0.3, 0.4) is 0 Å². The van der Waals surface area contributed by atoms with Gasteiger partial charge < -0.3 is 14.4 Å². The van der Waals surface area contributed by atoms with Gasteiger partial charge in [0.1, 0.15) is 13.2 Å². The molecule has 0 aliphatic carbocycles. The Labute approximate surface area is 153 Å². The van der Waals surface area contributed by atoms with Gasteiger partial charge in [-0.1, -0.05) is 30.3 Å². The van der Waals surface area contributed by atoms with Crippen LogP contribution in [0.1, 0.15) is 47.5 Å². The van der Waals surface area contributed by atoms with Crippen molar-refractivity contribution >= 4 is 5.91 Å². The van der Waals surface area contributed by atoms with Crippen molar-refractivity contribution in [2.45, 2.75) is 43.7 Å². The first-order valence-electron chi connectivity index (χ1n) is 9.57. The number of amides is 1. The van der Waals surface area contributed by atoms with Crippen LogP contribution in [-0.4, -0.2) is 36.1 Å². The summed E-state index contributed by atoms with van der Waals surface area (Å²) in [6, 6.07) is 17.0. The minimum atomic E-state index is 0.140. The summed E-state index contributed by atoms with van der Waals surface area (Å²) >= 11 is 0. The monoisotopic (exact) mass is 349 g/mol. The van der Waals surface area contributed by atoms with Crippen molar-refractivity contribution in [1.82, 2.24) is 4.90 Å². The van der Waals surface area contributed by atoms with Crippen LogP contribution >= 0.6 is 0 Å². The van der Waals surface area contributed by atoms with Gasteiger partial charge in [-0.3, -0.25) is 4.79 Å². The predicted molar refractivity (Wildman–Crippen MR) is 98.8 cm³/mol. The number of ether oxygens (including phenoxy) is 2. The molecule has 2 fully saturated rings. The van der Waals surface area contributed by atoms with E-state index >= 15 is 0 Å². The summed E-state index contributed by atoms with van der Waals surface area (Å²) in [7, 11) is 0. The van der Waals surface area contributed by atoms with Gasteiger partial charge in [0.15, 0.2) is 11.5 Å². The fourth-order valence-electron chi connectivity index (χ4n) is 4.83. The Kier molecular flexibility index (Phi) is 3.84. The van der Waals surface area contributed by atoms with Crippen molar-refractivity contribution < 1.29 is 14.3 Å². The number of fused-ring (bicyclic) bond motifs is 3. The number of hydrogen-bond donors (Lipinski definition) is 0. The van der Waals surface area contributed by atoms with E-state index in [1.54, 1.807) is 0 Å². The third kappa shape index (κ3) is 2.64. The Morgan fingerprint density at radius 1 is 0.885 bits per heavy atom. The van der Waals surface area contributed by atoms with Crippen LogP contribution in [0.15, 0.2) is 48.5 Å². The van der Waals surface area contributed by atoms with E-state index in [-0.39, 0.29) is 5.91 Å². The summed E-state index contributed by atoms with van der Waals surface area (Å²) in [6.07, 6.45) is 4.36. The highest BCUT2D eigenvalue weighted by molar-refractivity contribution is 5.95. The summed E-state index contributed by atoms with van der Waals surface area (Å²) in [5, 5.41) is 0. The van der Waals surface area contributed by atoms with Crippen LogP contribution in [0.4, 0.5) is 0 Å². The average molecular weight is 349 g/mol. The summed E-state index contributed by atoms with van der Waals surface area (Å²) < 4.78 is 11.2. The molecule has 4 nitrogen and oxygen atoms in total. The zero-order valence-electron chi connectivity index (χ0n) is 14.8. The molecule has 0 saturated carbocycles. The molecular formula is C22H23NO3. The van der Waals surface area contributed by atoms with Crippen molar-refractivity contribution in [3.8, 4) is 11.5 Å². The van der Waals surface area contributed by atoms with E-state index in [4.69, 9.17) is 9.47 Å². The SMILES string of the molecule is O=C(c1ccc2c(c1)OCCO2)N1[C@@H]2CC[C@H]1C[C@@H](c1ccccc1)C2. The van der Waals surface area contributed by atoms with Crippen molar-refractivity contribution in [3.05, 3.63) is 59.7 Å². The maximum absolute atomic E-state index is 13.2. The maximum Gasteiger partial charge on any atom is 0.254 e. The van der Waals surface area contributed by atoms with Gasteiger partial charge in [-0.15, -0.1) is 0 Å². The Balaban J connectivity index is 1.37. The second kappa shape index (κ2) is 6.35. The molecule has 134 valence electrons. The lowest BCUT2D eigenvalue weighted by molar-refractivity contribution is 0.0570. The molecule has 26 heavy (non-hydrogen) atoms. The van der Waals surface area contributed by atoms with Crippen LogP contribution in [0, 0.1) is 0 Å². The molecule has 2 aromatic carbocycles. The van der Waals surface area contributed by atoms with E-state index in [1.165, 1.54) is 5.56 Å². The minimum Gasteiger partial charge on any atom is -0.486 e. The lowest BCUT2D eigenvalue weighted by atomic mass is 9.85. The van der Waals surface area contributed by atoms with Crippen LogP contribution in [0.2, 0.25) is 0 Å². The normalized spacial score (nSPS) is 26.6. The van der Waals surface area contributed by atoms with Gasteiger partial charge >= 0.3 is 0 Å². The standard InChI is InChI=1S/C22H23NO3/c24-22(16-6-9-20-21(14-16)26-11-10-25-20)23-18-7-8-19(23)13-17(12-18)15-4-2-1-3-5-15/h1-6,9,14,17-19H,7-8,10-13H2/t17-,18+,19-. The van der Waals surface area contributed by atoms with E-state index in [0.717, 1.165) is 31.4 Å². The number of nitrogens with zero attached hydrogens (tertiary/aromatic N) is 1. The first-order valence-corrected chi connectivity index (χ1v) is 9.57. The first kappa shape index (κ1) is 15.7. The van der Waals surface area contributed by atoms with E-state index in [1.807, 2.05) is 18.2 Å². The molecule has 2 aromatic rings. The highest BCUT2D eigenvalue weighted by Crippen LogP contribution is 2.44. The lowest BCUT2D eigenvalue weighted by Gasteiger charge is -2.39. The van der Waals surface area contributed by atoms with Gasteiger partial charge in [0, 0.05) is 17.6 Å². The van der Waals surface area contributed by atoms with Crippen molar-refractivity contribution in [2.24, 2.45) is 0 Å². The van der Waals surface area contributed by atoms with Crippen LogP contribution in [0.25, 0.3) is 0 Å². The molecule has 0 radical (unpaired) electrons. The highest BCUT2D eigenvalue weighted by Gasteiger charge is 2.43. The number of rotatable bonds is 2. The van der Waals surface area contributed by atoms with Crippen LogP contribution < -0.4 is 9.47 Å². The number of carbonyl (C=O) groups excluding carboxylic acids is 1. The molecule has 3 aliphatic heterocycles. The average Bonchev–Trinajstić information content (AvgIpc) is 2.97.